The van der Waals surface area contributed by atoms with Gasteiger partial charge < -0.3 is 13.6 Å². The van der Waals surface area contributed by atoms with Gasteiger partial charge in [-0.3, -0.25) is 0 Å². The summed E-state index contributed by atoms with van der Waals surface area (Å²) in [4.78, 5) is -0.175. The molecule has 8 nitrogen and oxygen atoms in total. The van der Waals surface area contributed by atoms with Crippen molar-refractivity contribution in [3.63, 3.8) is 0 Å². The van der Waals surface area contributed by atoms with Gasteiger partial charge in [0.2, 0.25) is 15.9 Å². The minimum absolute atomic E-state index is 0.0583. The highest BCUT2D eigenvalue weighted by atomic mass is 32.2. The number of nitrogens with zero attached hydrogens (tertiary/aromatic N) is 3. The van der Waals surface area contributed by atoms with Gasteiger partial charge in [-0.2, -0.15) is 4.31 Å². The average molecular weight is 407 g/mol. The molecule has 1 saturated heterocycles. The van der Waals surface area contributed by atoms with E-state index >= 15 is 0 Å². The number of halogens is 1. The van der Waals surface area contributed by atoms with Crippen molar-refractivity contribution < 1.29 is 26.4 Å². The van der Waals surface area contributed by atoms with E-state index in [1.165, 1.54) is 23.7 Å². The van der Waals surface area contributed by atoms with Crippen LogP contribution < -0.4 is 4.74 Å². The molecule has 4 rings (SSSR count). The van der Waals surface area contributed by atoms with E-state index in [1.807, 2.05) is 0 Å². The average Bonchev–Trinajstić information content (AvgIpc) is 3.40. The Morgan fingerprint density at radius 3 is 2.68 bits per heavy atom. The fourth-order valence-corrected chi connectivity index (χ4v) is 4.87. The Morgan fingerprint density at radius 1 is 1.21 bits per heavy atom. The van der Waals surface area contributed by atoms with Gasteiger partial charge in [0.1, 0.15) is 16.5 Å². The van der Waals surface area contributed by atoms with Crippen LogP contribution in [0.2, 0.25) is 0 Å². The summed E-state index contributed by atoms with van der Waals surface area (Å²) in [6, 6.07) is 6.90. The second kappa shape index (κ2) is 7.36. The van der Waals surface area contributed by atoms with E-state index in [-0.39, 0.29) is 29.7 Å². The van der Waals surface area contributed by atoms with Crippen LogP contribution in [-0.4, -0.2) is 43.1 Å². The number of hydrogen-bond donors (Lipinski definition) is 0. The number of furan rings is 1. The van der Waals surface area contributed by atoms with Crippen LogP contribution >= 0.6 is 0 Å². The quantitative estimate of drug-likeness (QED) is 0.641. The number of rotatable bonds is 5. The van der Waals surface area contributed by atoms with Crippen LogP contribution in [0, 0.1) is 5.82 Å². The van der Waals surface area contributed by atoms with Gasteiger partial charge in [-0.1, -0.05) is 0 Å². The van der Waals surface area contributed by atoms with E-state index in [9.17, 15) is 12.8 Å². The molecule has 1 aliphatic rings. The molecule has 1 aromatic carbocycles. The predicted octanol–water partition coefficient (Wildman–Crippen LogP) is 3.05. The molecule has 0 N–H and O–H groups in total. The van der Waals surface area contributed by atoms with Gasteiger partial charge in [0.25, 0.3) is 5.89 Å². The second-order valence-electron chi connectivity index (χ2n) is 6.40. The lowest BCUT2D eigenvalue weighted by Crippen LogP contribution is -2.38. The summed E-state index contributed by atoms with van der Waals surface area (Å²) in [5.41, 5.74) is 0. The predicted molar refractivity (Wildman–Crippen MR) is 95.7 cm³/mol. The Bertz CT molecular complexity index is 1060. The normalized spacial score (nSPS) is 16.4. The number of sulfonamides is 1. The molecular weight excluding hydrogens is 389 g/mol. The maximum Gasteiger partial charge on any atom is 0.283 e. The molecule has 0 spiro atoms. The first kappa shape index (κ1) is 18.6. The van der Waals surface area contributed by atoms with Gasteiger partial charge >= 0.3 is 0 Å². The molecule has 3 heterocycles. The number of benzene rings is 1. The van der Waals surface area contributed by atoms with Gasteiger partial charge in [0.15, 0.2) is 5.76 Å². The van der Waals surface area contributed by atoms with Crippen molar-refractivity contribution in [1.29, 1.82) is 0 Å². The first-order valence-corrected chi connectivity index (χ1v) is 10.1. The van der Waals surface area contributed by atoms with E-state index < -0.39 is 15.8 Å². The van der Waals surface area contributed by atoms with Crippen molar-refractivity contribution in [2.45, 2.75) is 23.7 Å². The first-order valence-electron chi connectivity index (χ1n) is 8.70. The lowest BCUT2D eigenvalue weighted by atomic mass is 9.98. The number of hydrogen-bond acceptors (Lipinski definition) is 7. The van der Waals surface area contributed by atoms with E-state index in [0.717, 1.165) is 12.1 Å². The Labute approximate surface area is 161 Å². The number of aromatic nitrogens is 2. The standard InChI is InChI=1S/C18H18FN3O5S/c1-25-14-5-4-13(19)11-16(14)28(23,24)22-8-6-12(7-9-22)17-20-21-18(27-17)15-3-2-10-26-15/h2-5,10-12H,6-9H2,1H3. The fourth-order valence-electron chi connectivity index (χ4n) is 3.23. The summed E-state index contributed by atoms with van der Waals surface area (Å²) in [5.74, 6) is 0.648. The molecule has 10 heteroatoms. The Morgan fingerprint density at radius 2 is 2.00 bits per heavy atom. The van der Waals surface area contributed by atoms with Crippen LogP contribution in [0.3, 0.4) is 0 Å². The van der Waals surface area contributed by atoms with Crippen molar-refractivity contribution in [2.24, 2.45) is 0 Å². The fraction of sp³-hybridized carbons (Fsp3) is 0.333. The number of piperidine rings is 1. The third-order valence-corrected chi connectivity index (χ3v) is 6.64. The van der Waals surface area contributed by atoms with Crippen LogP contribution in [0.4, 0.5) is 4.39 Å². The second-order valence-corrected chi connectivity index (χ2v) is 8.30. The largest absolute Gasteiger partial charge is 0.495 e. The van der Waals surface area contributed by atoms with Gasteiger partial charge in [-0.25, -0.2) is 12.8 Å². The van der Waals surface area contributed by atoms with Crippen molar-refractivity contribution >= 4 is 10.0 Å². The van der Waals surface area contributed by atoms with E-state index in [2.05, 4.69) is 10.2 Å². The highest BCUT2D eigenvalue weighted by Gasteiger charge is 2.34. The molecule has 0 unspecified atom stereocenters. The van der Waals surface area contributed by atoms with Gasteiger partial charge in [-0.15, -0.1) is 10.2 Å². The van der Waals surface area contributed by atoms with Crippen molar-refractivity contribution in [2.75, 3.05) is 20.2 Å². The monoisotopic (exact) mass is 407 g/mol. The zero-order valence-electron chi connectivity index (χ0n) is 15.0. The smallest absolute Gasteiger partial charge is 0.283 e. The first-order chi connectivity index (χ1) is 13.5. The van der Waals surface area contributed by atoms with Crippen LogP contribution in [0.5, 0.6) is 5.75 Å². The summed E-state index contributed by atoms with van der Waals surface area (Å²) >= 11 is 0. The molecule has 0 radical (unpaired) electrons. The summed E-state index contributed by atoms with van der Waals surface area (Å²) in [5, 5.41) is 8.05. The summed E-state index contributed by atoms with van der Waals surface area (Å²) in [6.45, 7) is 0.510. The molecule has 0 saturated carbocycles. The zero-order chi connectivity index (χ0) is 19.7. The molecule has 2 aromatic heterocycles. The van der Waals surface area contributed by atoms with Gasteiger partial charge in [0.05, 0.1) is 13.4 Å². The molecule has 0 atom stereocenters. The molecule has 0 amide bonds. The molecule has 1 aliphatic heterocycles. The topological polar surface area (TPSA) is 98.7 Å². The summed E-state index contributed by atoms with van der Waals surface area (Å²) in [7, 11) is -2.52. The molecule has 1 fully saturated rings. The minimum atomic E-state index is -3.88. The van der Waals surface area contributed by atoms with Crippen molar-refractivity contribution in [3.8, 4) is 17.4 Å². The SMILES string of the molecule is COc1ccc(F)cc1S(=O)(=O)N1CCC(c2nnc(-c3ccco3)o2)CC1. The molecule has 0 bridgehead atoms. The van der Waals surface area contributed by atoms with Crippen LogP contribution in [0.1, 0.15) is 24.7 Å². The molecule has 28 heavy (non-hydrogen) atoms. The molecule has 3 aromatic rings. The van der Waals surface area contributed by atoms with Crippen molar-refractivity contribution in [3.05, 3.63) is 48.3 Å². The van der Waals surface area contributed by atoms with E-state index in [1.54, 1.807) is 12.1 Å². The highest BCUT2D eigenvalue weighted by Crippen LogP contribution is 2.34. The van der Waals surface area contributed by atoms with Gasteiger partial charge in [-0.05, 0) is 43.2 Å². The molecule has 0 aliphatic carbocycles. The van der Waals surface area contributed by atoms with E-state index in [4.69, 9.17) is 13.6 Å². The zero-order valence-corrected chi connectivity index (χ0v) is 15.9. The molecular formula is C18H18FN3O5S. The maximum atomic E-state index is 13.6. The lowest BCUT2D eigenvalue weighted by molar-refractivity contribution is 0.289. The Hall–Kier alpha value is -2.72. The van der Waals surface area contributed by atoms with Crippen LogP contribution in [0.15, 0.2) is 50.3 Å². The maximum absolute atomic E-state index is 13.6. The lowest BCUT2D eigenvalue weighted by Gasteiger charge is -2.30. The van der Waals surface area contributed by atoms with E-state index in [0.29, 0.717) is 30.4 Å². The van der Waals surface area contributed by atoms with Gasteiger partial charge in [0, 0.05) is 19.0 Å². The van der Waals surface area contributed by atoms with Crippen LogP contribution in [0.25, 0.3) is 11.7 Å². The van der Waals surface area contributed by atoms with Crippen molar-refractivity contribution in [1.82, 2.24) is 14.5 Å². The number of methoxy groups -OCH3 is 1. The van der Waals surface area contributed by atoms with Crippen LogP contribution in [-0.2, 0) is 10.0 Å². The Kier molecular flexibility index (Phi) is 4.90. The third-order valence-electron chi connectivity index (χ3n) is 4.72. The third kappa shape index (κ3) is 3.40. The minimum Gasteiger partial charge on any atom is -0.495 e. The summed E-state index contributed by atoms with van der Waals surface area (Å²) in [6.07, 6.45) is 2.54. The highest BCUT2D eigenvalue weighted by molar-refractivity contribution is 7.89. The summed E-state index contributed by atoms with van der Waals surface area (Å²) < 4.78 is 56.8. The Balaban J connectivity index is 1.49. The number of ether oxygens (including phenoxy) is 1. The molecule has 148 valence electrons.